The van der Waals surface area contributed by atoms with Crippen LogP contribution in [-0.2, 0) is 0 Å². The second-order valence-electron chi connectivity index (χ2n) is 6.86. The minimum absolute atomic E-state index is 0.247. The van der Waals surface area contributed by atoms with E-state index in [1.54, 1.807) is 49.6 Å². The van der Waals surface area contributed by atoms with Crippen molar-refractivity contribution in [1.82, 2.24) is 5.32 Å². The fraction of sp³-hybridized carbons (Fsp3) is 0.250. The van der Waals surface area contributed by atoms with Crippen LogP contribution in [0.3, 0.4) is 0 Å². The summed E-state index contributed by atoms with van der Waals surface area (Å²) in [6.45, 7) is 0.521. The SMILES string of the molecule is COc1ccc(C(=O)Nc2cc(OC)ccc2C(=O)NCCC2=CCCC=C2)cc1. The van der Waals surface area contributed by atoms with Crippen LogP contribution in [0.4, 0.5) is 5.69 Å². The molecule has 0 aliphatic heterocycles. The minimum atomic E-state index is -0.322. The monoisotopic (exact) mass is 406 g/mol. The van der Waals surface area contributed by atoms with E-state index in [0.29, 0.717) is 34.9 Å². The Kier molecular flexibility index (Phi) is 7.27. The average molecular weight is 406 g/mol. The van der Waals surface area contributed by atoms with Gasteiger partial charge in [-0.3, -0.25) is 9.59 Å². The van der Waals surface area contributed by atoms with Crippen LogP contribution in [0.1, 0.15) is 40.0 Å². The summed E-state index contributed by atoms with van der Waals surface area (Å²) in [5, 5.41) is 5.75. The van der Waals surface area contributed by atoms with Gasteiger partial charge in [0.25, 0.3) is 11.8 Å². The van der Waals surface area contributed by atoms with Crippen LogP contribution in [0.5, 0.6) is 11.5 Å². The smallest absolute Gasteiger partial charge is 0.255 e. The van der Waals surface area contributed by atoms with Gasteiger partial charge in [0.05, 0.1) is 25.5 Å². The quantitative estimate of drug-likeness (QED) is 0.683. The average Bonchev–Trinajstić information content (AvgIpc) is 2.79. The number of anilines is 1. The number of hydrogen-bond donors (Lipinski definition) is 2. The maximum atomic E-state index is 12.8. The van der Waals surface area contributed by atoms with Gasteiger partial charge in [-0.25, -0.2) is 0 Å². The first-order valence-electron chi connectivity index (χ1n) is 9.88. The van der Waals surface area contributed by atoms with E-state index in [-0.39, 0.29) is 11.8 Å². The summed E-state index contributed by atoms with van der Waals surface area (Å²) in [5.74, 6) is 0.644. The summed E-state index contributed by atoms with van der Waals surface area (Å²) in [7, 11) is 3.10. The van der Waals surface area contributed by atoms with Gasteiger partial charge >= 0.3 is 0 Å². The van der Waals surface area contributed by atoms with Crippen molar-refractivity contribution in [2.45, 2.75) is 19.3 Å². The maximum absolute atomic E-state index is 12.8. The molecular weight excluding hydrogens is 380 g/mol. The summed E-state index contributed by atoms with van der Waals surface area (Å²) in [5.41, 5.74) is 2.46. The van der Waals surface area contributed by atoms with E-state index >= 15 is 0 Å². The second-order valence-corrected chi connectivity index (χ2v) is 6.86. The van der Waals surface area contributed by atoms with Crippen molar-refractivity contribution >= 4 is 17.5 Å². The maximum Gasteiger partial charge on any atom is 0.255 e. The van der Waals surface area contributed by atoms with Crippen LogP contribution >= 0.6 is 0 Å². The first-order chi connectivity index (χ1) is 14.6. The third-order valence-corrected chi connectivity index (χ3v) is 4.84. The summed E-state index contributed by atoms with van der Waals surface area (Å²) >= 11 is 0. The molecule has 2 aromatic rings. The van der Waals surface area contributed by atoms with Gasteiger partial charge in [-0.1, -0.05) is 23.8 Å². The standard InChI is InChI=1S/C24H26N2O4/c1-29-19-10-8-18(9-11-19)23(27)26-22-16-20(30-2)12-13-21(22)24(28)25-15-14-17-6-4-3-5-7-17/h4,6-13,16H,3,5,14-15H2,1-2H3,(H,25,28)(H,26,27). The number of hydrogen-bond acceptors (Lipinski definition) is 4. The van der Waals surface area contributed by atoms with E-state index in [1.807, 2.05) is 0 Å². The van der Waals surface area contributed by atoms with Gasteiger partial charge in [0.2, 0.25) is 0 Å². The van der Waals surface area contributed by atoms with Crippen LogP contribution in [0, 0.1) is 0 Å². The van der Waals surface area contributed by atoms with Crippen molar-refractivity contribution in [3.63, 3.8) is 0 Å². The van der Waals surface area contributed by atoms with Crippen LogP contribution in [-0.4, -0.2) is 32.6 Å². The topological polar surface area (TPSA) is 76.7 Å². The van der Waals surface area contributed by atoms with Crippen molar-refractivity contribution in [1.29, 1.82) is 0 Å². The summed E-state index contributed by atoms with van der Waals surface area (Å²) < 4.78 is 10.4. The Morgan fingerprint density at radius 1 is 0.933 bits per heavy atom. The van der Waals surface area contributed by atoms with E-state index in [9.17, 15) is 9.59 Å². The Morgan fingerprint density at radius 3 is 2.33 bits per heavy atom. The molecule has 0 unspecified atom stereocenters. The molecule has 0 saturated heterocycles. The Bertz CT molecular complexity index is 962. The van der Waals surface area contributed by atoms with Crippen LogP contribution in [0.2, 0.25) is 0 Å². The van der Waals surface area contributed by atoms with Gasteiger partial charge in [-0.05, 0) is 55.7 Å². The molecule has 2 aromatic carbocycles. The van der Waals surface area contributed by atoms with Crippen molar-refractivity contribution in [3.05, 3.63) is 77.4 Å². The van der Waals surface area contributed by atoms with Crippen LogP contribution in [0.25, 0.3) is 0 Å². The Labute approximate surface area is 176 Å². The fourth-order valence-electron chi connectivity index (χ4n) is 3.16. The number of allylic oxidation sites excluding steroid dienone is 3. The molecule has 0 heterocycles. The molecule has 0 spiro atoms. The highest BCUT2D eigenvalue weighted by Gasteiger charge is 2.16. The van der Waals surface area contributed by atoms with E-state index in [0.717, 1.165) is 19.3 Å². The predicted octanol–water partition coefficient (Wildman–Crippen LogP) is 4.35. The summed E-state index contributed by atoms with van der Waals surface area (Å²) in [4.78, 5) is 25.4. The molecule has 6 nitrogen and oxygen atoms in total. The van der Waals surface area contributed by atoms with Gasteiger partial charge in [-0.2, -0.15) is 0 Å². The Hall–Kier alpha value is -3.54. The van der Waals surface area contributed by atoms with Crippen molar-refractivity contribution in [2.75, 3.05) is 26.1 Å². The molecule has 6 heteroatoms. The number of rotatable bonds is 8. The molecular formula is C24H26N2O4. The first-order valence-corrected chi connectivity index (χ1v) is 9.88. The molecule has 1 aliphatic carbocycles. The zero-order valence-corrected chi connectivity index (χ0v) is 17.2. The highest BCUT2D eigenvalue weighted by molar-refractivity contribution is 6.09. The lowest BCUT2D eigenvalue weighted by Crippen LogP contribution is -2.26. The molecule has 2 N–H and O–H groups in total. The third kappa shape index (κ3) is 5.50. The number of carbonyl (C=O) groups is 2. The number of ether oxygens (including phenoxy) is 2. The molecule has 0 atom stereocenters. The first kappa shape index (κ1) is 21.2. The van der Waals surface area contributed by atoms with Gasteiger partial charge in [-0.15, -0.1) is 0 Å². The van der Waals surface area contributed by atoms with Crippen LogP contribution in [0.15, 0.2) is 66.3 Å². The highest BCUT2D eigenvalue weighted by atomic mass is 16.5. The fourth-order valence-corrected chi connectivity index (χ4v) is 3.16. The second kappa shape index (κ2) is 10.3. The summed E-state index contributed by atoms with van der Waals surface area (Å²) in [6, 6.07) is 11.7. The van der Waals surface area contributed by atoms with Gasteiger partial charge in [0.1, 0.15) is 11.5 Å². The zero-order chi connectivity index (χ0) is 21.3. The molecule has 30 heavy (non-hydrogen) atoms. The predicted molar refractivity (Wildman–Crippen MR) is 117 cm³/mol. The zero-order valence-electron chi connectivity index (χ0n) is 17.2. The minimum Gasteiger partial charge on any atom is -0.497 e. The van der Waals surface area contributed by atoms with E-state index in [4.69, 9.17) is 9.47 Å². The normalized spacial score (nSPS) is 12.7. The highest BCUT2D eigenvalue weighted by Crippen LogP contribution is 2.24. The van der Waals surface area contributed by atoms with E-state index in [1.165, 1.54) is 12.7 Å². The molecule has 0 fully saturated rings. The van der Waals surface area contributed by atoms with Crippen molar-refractivity contribution in [3.8, 4) is 11.5 Å². The van der Waals surface area contributed by atoms with Gasteiger partial charge in [0, 0.05) is 18.2 Å². The number of benzene rings is 2. The molecule has 156 valence electrons. The lowest BCUT2D eigenvalue weighted by atomic mass is 10.0. The van der Waals surface area contributed by atoms with Gasteiger partial charge < -0.3 is 20.1 Å². The Morgan fingerprint density at radius 2 is 1.67 bits per heavy atom. The Balaban J connectivity index is 1.70. The van der Waals surface area contributed by atoms with E-state index in [2.05, 4.69) is 28.9 Å². The molecule has 0 bridgehead atoms. The lowest BCUT2D eigenvalue weighted by molar-refractivity contribution is 0.0955. The van der Waals surface area contributed by atoms with Crippen LogP contribution < -0.4 is 20.1 Å². The number of methoxy groups -OCH3 is 2. The largest absolute Gasteiger partial charge is 0.497 e. The molecule has 0 radical (unpaired) electrons. The summed E-state index contributed by atoms with van der Waals surface area (Å²) in [6.07, 6.45) is 9.32. The molecule has 1 aliphatic rings. The molecule has 0 aromatic heterocycles. The number of nitrogens with one attached hydrogen (secondary N) is 2. The lowest BCUT2D eigenvalue weighted by Gasteiger charge is -2.14. The molecule has 2 amide bonds. The van der Waals surface area contributed by atoms with Crippen molar-refractivity contribution in [2.24, 2.45) is 0 Å². The number of carbonyl (C=O) groups excluding carboxylic acids is 2. The molecule has 3 rings (SSSR count). The molecule has 0 saturated carbocycles. The van der Waals surface area contributed by atoms with Gasteiger partial charge in [0.15, 0.2) is 0 Å². The number of amides is 2. The van der Waals surface area contributed by atoms with Crippen molar-refractivity contribution < 1.29 is 19.1 Å². The third-order valence-electron chi connectivity index (χ3n) is 4.84. The van der Waals surface area contributed by atoms with E-state index < -0.39 is 0 Å².